The number of amides is 1. The van der Waals surface area contributed by atoms with Crippen molar-refractivity contribution in [1.29, 1.82) is 0 Å². The highest BCUT2D eigenvalue weighted by Gasteiger charge is 2.18. The van der Waals surface area contributed by atoms with E-state index < -0.39 is 5.91 Å². The Balaban J connectivity index is 1.82. The first-order valence-electron chi connectivity index (χ1n) is 14.2. The van der Waals surface area contributed by atoms with Gasteiger partial charge in [0.05, 0.1) is 12.3 Å². The second-order valence-electron chi connectivity index (χ2n) is 10.7. The van der Waals surface area contributed by atoms with Gasteiger partial charge in [-0.25, -0.2) is 0 Å². The fraction of sp³-hybridized carbons (Fsp3) is 0.531. The van der Waals surface area contributed by atoms with E-state index >= 15 is 0 Å². The zero-order valence-corrected chi connectivity index (χ0v) is 24.9. The van der Waals surface area contributed by atoms with E-state index in [1.54, 1.807) is 6.07 Å². The first kappa shape index (κ1) is 30.4. The van der Waals surface area contributed by atoms with Crippen LogP contribution in [0.2, 0.25) is 5.02 Å². The number of nitrogens with zero attached hydrogens (tertiary/aromatic N) is 1. The molecule has 0 aliphatic carbocycles. The van der Waals surface area contributed by atoms with Crippen molar-refractivity contribution in [3.05, 3.63) is 70.3 Å². The van der Waals surface area contributed by atoms with Gasteiger partial charge in [-0.15, -0.1) is 0 Å². The average Bonchev–Trinajstić information content (AvgIpc) is 2.89. The van der Waals surface area contributed by atoms with Crippen LogP contribution >= 0.6 is 24.2 Å². The van der Waals surface area contributed by atoms with Gasteiger partial charge in [-0.2, -0.15) is 12.6 Å². The molecule has 208 valence electrons. The minimum Gasteiger partial charge on any atom is -0.491 e. The number of anilines is 1. The highest BCUT2D eigenvalue weighted by atomic mass is 35.5. The Morgan fingerprint density at radius 2 is 1.89 bits per heavy atom. The summed E-state index contributed by atoms with van der Waals surface area (Å²) < 4.78 is 6.25. The zero-order chi connectivity index (χ0) is 27.5. The summed E-state index contributed by atoms with van der Waals surface area (Å²) in [7, 11) is 0. The molecule has 2 aromatic carbocycles. The van der Waals surface area contributed by atoms with Crippen LogP contribution in [-0.2, 0) is 12.8 Å². The van der Waals surface area contributed by atoms with Gasteiger partial charge in [0.2, 0.25) is 5.91 Å². The molecule has 3 rings (SSSR count). The highest BCUT2D eigenvalue weighted by molar-refractivity contribution is 7.80. The SMILES string of the molecule is CC[C@@H](C/C=C/C[C@H](C)[C@@H](C)S)CCN1CCc2ccc(Cl)cc2CCCCOc2ccc(C(N)=O)cc21. The van der Waals surface area contributed by atoms with E-state index in [4.69, 9.17) is 22.1 Å². The Morgan fingerprint density at radius 1 is 1.11 bits per heavy atom. The number of rotatable bonds is 10. The number of allylic oxidation sites excluding steroid dienone is 2. The number of primary amides is 1. The molecule has 1 amide bonds. The second kappa shape index (κ2) is 15.5. The largest absolute Gasteiger partial charge is 0.491 e. The summed E-state index contributed by atoms with van der Waals surface area (Å²) in [4.78, 5) is 14.4. The molecule has 0 fully saturated rings. The number of carbonyl (C=O) groups is 1. The monoisotopic (exact) mass is 556 g/mol. The zero-order valence-electron chi connectivity index (χ0n) is 23.3. The first-order chi connectivity index (χ1) is 18.3. The van der Waals surface area contributed by atoms with Crippen LogP contribution in [0.25, 0.3) is 0 Å². The lowest BCUT2D eigenvalue weighted by atomic mass is 9.96. The third-order valence-electron chi connectivity index (χ3n) is 7.85. The highest BCUT2D eigenvalue weighted by Crippen LogP contribution is 2.32. The van der Waals surface area contributed by atoms with Gasteiger partial charge < -0.3 is 15.4 Å². The summed E-state index contributed by atoms with van der Waals surface area (Å²) in [6, 6.07) is 11.9. The van der Waals surface area contributed by atoms with Crippen molar-refractivity contribution in [3.63, 3.8) is 0 Å². The predicted octanol–water partition coefficient (Wildman–Crippen LogP) is 7.91. The summed E-state index contributed by atoms with van der Waals surface area (Å²) in [5, 5.41) is 1.20. The number of halogens is 1. The van der Waals surface area contributed by atoms with Gasteiger partial charge in [-0.3, -0.25) is 4.79 Å². The van der Waals surface area contributed by atoms with E-state index in [9.17, 15) is 4.79 Å². The summed E-state index contributed by atoms with van der Waals surface area (Å²) >= 11 is 10.9. The minimum absolute atomic E-state index is 0.407. The number of benzene rings is 2. The van der Waals surface area contributed by atoms with Crippen molar-refractivity contribution in [3.8, 4) is 5.75 Å². The molecule has 4 nitrogen and oxygen atoms in total. The minimum atomic E-state index is -0.416. The molecule has 0 saturated heterocycles. The van der Waals surface area contributed by atoms with Gasteiger partial charge in [0, 0.05) is 28.9 Å². The number of hydrogen-bond acceptors (Lipinski definition) is 4. The number of fused-ring (bicyclic) bond motifs is 2. The number of aryl methyl sites for hydroxylation is 1. The van der Waals surface area contributed by atoms with Crippen LogP contribution in [0, 0.1) is 11.8 Å². The molecule has 1 aliphatic rings. The van der Waals surface area contributed by atoms with Crippen molar-refractivity contribution in [1.82, 2.24) is 0 Å². The van der Waals surface area contributed by atoms with Gasteiger partial charge in [0.1, 0.15) is 5.75 Å². The van der Waals surface area contributed by atoms with Gasteiger partial charge in [0.15, 0.2) is 0 Å². The average molecular weight is 557 g/mol. The third-order valence-corrected chi connectivity index (χ3v) is 8.60. The van der Waals surface area contributed by atoms with Gasteiger partial charge in [0.25, 0.3) is 0 Å². The molecule has 3 atom stereocenters. The van der Waals surface area contributed by atoms with E-state index in [1.165, 1.54) is 11.1 Å². The lowest BCUT2D eigenvalue weighted by molar-refractivity contribution is 0.1000. The molecule has 1 aliphatic heterocycles. The normalized spacial score (nSPS) is 16.9. The van der Waals surface area contributed by atoms with E-state index in [1.807, 2.05) is 18.2 Å². The summed E-state index contributed by atoms with van der Waals surface area (Å²) in [6.45, 7) is 9.04. The maximum atomic E-state index is 12.1. The maximum absolute atomic E-state index is 12.1. The molecule has 0 spiro atoms. The second-order valence-corrected chi connectivity index (χ2v) is 12.0. The summed E-state index contributed by atoms with van der Waals surface area (Å²) in [5.41, 5.74) is 9.81. The number of thiol groups is 1. The van der Waals surface area contributed by atoms with Crippen molar-refractivity contribution in [2.45, 2.75) is 77.4 Å². The molecule has 38 heavy (non-hydrogen) atoms. The van der Waals surface area contributed by atoms with E-state index in [0.717, 1.165) is 80.9 Å². The van der Waals surface area contributed by atoms with Crippen molar-refractivity contribution < 1.29 is 9.53 Å². The van der Waals surface area contributed by atoms with Gasteiger partial charge in [-0.05, 0) is 98.2 Å². The van der Waals surface area contributed by atoms with Crippen molar-refractivity contribution in [2.75, 3.05) is 24.6 Å². The molecule has 0 unspecified atom stereocenters. The lowest BCUT2D eigenvalue weighted by Gasteiger charge is -2.30. The van der Waals surface area contributed by atoms with Crippen LogP contribution in [0.1, 0.15) is 80.8 Å². The molecule has 6 heteroatoms. The van der Waals surface area contributed by atoms with E-state index in [0.29, 0.717) is 29.3 Å². The summed E-state index contributed by atoms with van der Waals surface area (Å²) in [5.74, 6) is 1.58. The number of carbonyl (C=O) groups excluding carboxylic acids is 1. The fourth-order valence-electron chi connectivity index (χ4n) is 4.94. The molecule has 0 aromatic heterocycles. The van der Waals surface area contributed by atoms with Crippen LogP contribution in [0.3, 0.4) is 0 Å². The Labute approximate surface area is 240 Å². The molecule has 0 saturated carbocycles. The Bertz CT molecular complexity index is 1070. The van der Waals surface area contributed by atoms with E-state index in [-0.39, 0.29) is 0 Å². The van der Waals surface area contributed by atoms with Crippen LogP contribution in [-0.4, -0.2) is 30.9 Å². The van der Waals surface area contributed by atoms with Gasteiger partial charge in [-0.1, -0.05) is 57.0 Å². The van der Waals surface area contributed by atoms with Gasteiger partial charge >= 0.3 is 0 Å². The molecular weight excluding hydrogens is 512 g/mol. The summed E-state index contributed by atoms with van der Waals surface area (Å²) in [6.07, 6.45) is 12.9. The number of ether oxygens (including phenoxy) is 1. The van der Waals surface area contributed by atoms with Crippen molar-refractivity contribution >= 4 is 35.8 Å². The maximum Gasteiger partial charge on any atom is 0.248 e. The Kier molecular flexibility index (Phi) is 12.4. The third kappa shape index (κ3) is 9.27. The fourth-order valence-corrected chi connectivity index (χ4v) is 5.26. The molecule has 1 heterocycles. The van der Waals surface area contributed by atoms with Crippen LogP contribution < -0.4 is 15.4 Å². The lowest BCUT2D eigenvalue weighted by Crippen LogP contribution is -2.30. The molecular formula is C32H45ClN2O2S. The molecule has 0 bridgehead atoms. The predicted molar refractivity (Wildman–Crippen MR) is 165 cm³/mol. The Morgan fingerprint density at radius 3 is 2.63 bits per heavy atom. The van der Waals surface area contributed by atoms with Crippen LogP contribution in [0.15, 0.2) is 48.6 Å². The van der Waals surface area contributed by atoms with Crippen LogP contribution in [0.5, 0.6) is 5.75 Å². The number of nitrogens with two attached hydrogens (primary N) is 1. The molecule has 2 N–H and O–H groups in total. The molecule has 0 radical (unpaired) electrons. The van der Waals surface area contributed by atoms with Crippen LogP contribution in [0.4, 0.5) is 5.69 Å². The van der Waals surface area contributed by atoms with E-state index in [2.05, 4.69) is 62.6 Å². The topological polar surface area (TPSA) is 55.6 Å². The Hall–Kier alpha value is -2.11. The van der Waals surface area contributed by atoms with Crippen molar-refractivity contribution in [2.24, 2.45) is 17.6 Å². The quantitative estimate of drug-likeness (QED) is 0.231. The first-order valence-corrected chi connectivity index (χ1v) is 15.1. The number of hydrogen-bond donors (Lipinski definition) is 2. The smallest absolute Gasteiger partial charge is 0.248 e. The standard InChI is InChI=1S/C32H45ClN2O2S/c1-4-25(10-6-5-9-23(2)24(3)38)16-18-35-19-17-26-12-14-29(33)21-27(26)11-7-8-20-37-31-15-13-28(32(34)36)22-30(31)35/h5-6,12-15,21-25,38H,4,7-11,16-20H2,1-3H3,(H2,34,36)/b6-5+/t23-,24+,25-/m0/s1. The molecule has 2 aromatic rings.